The first-order chi connectivity index (χ1) is 34.5. The molecular formula is C64H121NO5. The predicted octanol–water partition coefficient (Wildman–Crippen LogP) is 19.6. The average Bonchev–Trinajstić information content (AvgIpc) is 3.36. The third kappa shape index (κ3) is 55.4. The van der Waals surface area contributed by atoms with Crippen LogP contribution in [0.3, 0.4) is 0 Å². The molecule has 0 saturated carbocycles. The lowest BCUT2D eigenvalue weighted by atomic mass is 10.0. The monoisotopic (exact) mass is 984 g/mol. The van der Waals surface area contributed by atoms with E-state index in [1.165, 1.54) is 257 Å². The molecule has 70 heavy (non-hydrogen) atoms. The van der Waals surface area contributed by atoms with Gasteiger partial charge in [0.25, 0.3) is 0 Å². The van der Waals surface area contributed by atoms with Crippen molar-refractivity contribution >= 4 is 11.9 Å². The summed E-state index contributed by atoms with van der Waals surface area (Å²) in [5.74, 6) is -0.0754. The van der Waals surface area contributed by atoms with Gasteiger partial charge in [0.2, 0.25) is 5.91 Å². The van der Waals surface area contributed by atoms with Gasteiger partial charge in [0.05, 0.1) is 25.4 Å². The molecule has 0 radical (unpaired) electrons. The van der Waals surface area contributed by atoms with Crippen LogP contribution in [-0.4, -0.2) is 47.4 Å². The number of aliphatic hydroxyl groups is 2. The van der Waals surface area contributed by atoms with Crippen molar-refractivity contribution in [2.45, 2.75) is 347 Å². The second-order valence-corrected chi connectivity index (χ2v) is 21.4. The van der Waals surface area contributed by atoms with Crippen LogP contribution in [0, 0.1) is 0 Å². The Labute approximate surface area is 436 Å². The van der Waals surface area contributed by atoms with E-state index in [1.54, 1.807) is 6.08 Å². The minimum Gasteiger partial charge on any atom is -0.466 e. The number of hydrogen-bond donors (Lipinski definition) is 3. The van der Waals surface area contributed by atoms with Crippen LogP contribution in [0.25, 0.3) is 0 Å². The Bertz CT molecular complexity index is 1130. The van der Waals surface area contributed by atoms with E-state index in [0.717, 1.165) is 51.4 Å². The normalized spacial score (nSPS) is 12.8. The molecule has 0 spiro atoms. The van der Waals surface area contributed by atoms with E-state index in [9.17, 15) is 19.8 Å². The maximum absolute atomic E-state index is 12.5. The lowest BCUT2D eigenvalue weighted by molar-refractivity contribution is -0.143. The van der Waals surface area contributed by atoms with Gasteiger partial charge in [-0.2, -0.15) is 0 Å². The quantitative estimate of drug-likeness (QED) is 0.0321. The molecule has 0 aliphatic carbocycles. The van der Waals surface area contributed by atoms with Crippen molar-refractivity contribution < 1.29 is 24.5 Å². The van der Waals surface area contributed by atoms with Crippen LogP contribution in [0.15, 0.2) is 36.5 Å². The summed E-state index contributed by atoms with van der Waals surface area (Å²) in [6.45, 7) is 4.85. The maximum Gasteiger partial charge on any atom is 0.305 e. The van der Waals surface area contributed by atoms with Crippen LogP contribution in [0.1, 0.15) is 335 Å². The molecule has 0 aromatic heterocycles. The summed E-state index contributed by atoms with van der Waals surface area (Å²) in [7, 11) is 0. The molecule has 0 aliphatic heterocycles. The van der Waals surface area contributed by atoms with E-state index in [0.29, 0.717) is 19.4 Å². The second-order valence-electron chi connectivity index (χ2n) is 21.4. The van der Waals surface area contributed by atoms with Crippen molar-refractivity contribution in [2.75, 3.05) is 13.2 Å². The highest BCUT2D eigenvalue weighted by atomic mass is 16.5. The first-order valence-electron chi connectivity index (χ1n) is 31.3. The molecule has 1 amide bonds. The summed E-state index contributed by atoms with van der Waals surface area (Å²) in [5, 5.41) is 23.2. The fraction of sp³-hybridized carbons (Fsp3) is 0.875. The number of allylic oxidation sites excluding steroid dienone is 5. The highest BCUT2D eigenvalue weighted by Crippen LogP contribution is 2.18. The Morgan fingerprint density at radius 3 is 1.14 bits per heavy atom. The summed E-state index contributed by atoms with van der Waals surface area (Å²) < 4.78 is 5.47. The number of carbonyl (C=O) groups is 2. The Morgan fingerprint density at radius 1 is 0.400 bits per heavy atom. The van der Waals surface area contributed by atoms with Crippen molar-refractivity contribution in [1.29, 1.82) is 0 Å². The Balaban J connectivity index is 3.44. The molecular weight excluding hydrogens is 863 g/mol. The van der Waals surface area contributed by atoms with E-state index < -0.39 is 12.1 Å². The van der Waals surface area contributed by atoms with Gasteiger partial charge in [0, 0.05) is 12.8 Å². The number of unbranched alkanes of at least 4 members (excludes halogenated alkanes) is 43. The van der Waals surface area contributed by atoms with Gasteiger partial charge in [-0.15, -0.1) is 0 Å². The van der Waals surface area contributed by atoms with Crippen molar-refractivity contribution in [3.63, 3.8) is 0 Å². The number of nitrogens with one attached hydrogen (secondary N) is 1. The van der Waals surface area contributed by atoms with Gasteiger partial charge in [-0.3, -0.25) is 9.59 Å². The molecule has 0 fully saturated rings. The Kier molecular flexibility index (Phi) is 58.0. The largest absolute Gasteiger partial charge is 0.466 e. The zero-order valence-corrected chi connectivity index (χ0v) is 47.0. The Hall–Kier alpha value is -1.92. The molecule has 2 unspecified atom stereocenters. The molecule has 0 saturated heterocycles. The highest BCUT2D eigenvalue weighted by molar-refractivity contribution is 5.76. The number of aliphatic hydroxyl groups excluding tert-OH is 2. The number of esters is 1. The average molecular weight is 985 g/mol. The molecule has 3 N–H and O–H groups in total. The van der Waals surface area contributed by atoms with Gasteiger partial charge in [0.15, 0.2) is 0 Å². The smallest absolute Gasteiger partial charge is 0.305 e. The molecule has 6 nitrogen and oxygen atoms in total. The molecule has 0 aromatic rings. The first kappa shape index (κ1) is 68.1. The maximum atomic E-state index is 12.5. The van der Waals surface area contributed by atoms with Gasteiger partial charge in [-0.1, -0.05) is 301 Å². The lowest BCUT2D eigenvalue weighted by Gasteiger charge is -2.20. The van der Waals surface area contributed by atoms with E-state index in [4.69, 9.17) is 4.74 Å². The molecule has 0 aromatic carbocycles. The minimum atomic E-state index is -0.848. The van der Waals surface area contributed by atoms with Crippen molar-refractivity contribution in [2.24, 2.45) is 0 Å². The third-order valence-corrected chi connectivity index (χ3v) is 14.4. The van der Waals surface area contributed by atoms with Crippen LogP contribution in [0.2, 0.25) is 0 Å². The summed E-state index contributed by atoms with van der Waals surface area (Å²) in [5.41, 5.74) is 0. The van der Waals surface area contributed by atoms with Crippen LogP contribution in [0.4, 0.5) is 0 Å². The van der Waals surface area contributed by atoms with Crippen molar-refractivity contribution in [3.05, 3.63) is 36.5 Å². The van der Waals surface area contributed by atoms with E-state index in [1.807, 2.05) is 6.08 Å². The molecule has 0 heterocycles. The first-order valence-corrected chi connectivity index (χ1v) is 31.3. The van der Waals surface area contributed by atoms with Crippen LogP contribution in [0.5, 0.6) is 0 Å². The molecule has 2 atom stereocenters. The molecule has 0 aliphatic rings. The summed E-state index contributed by atoms with van der Waals surface area (Å²) in [6, 6.07) is -0.631. The third-order valence-electron chi connectivity index (χ3n) is 14.4. The minimum absolute atomic E-state index is 0.00685. The van der Waals surface area contributed by atoms with E-state index >= 15 is 0 Å². The van der Waals surface area contributed by atoms with Crippen LogP contribution in [-0.2, 0) is 14.3 Å². The van der Waals surface area contributed by atoms with Gasteiger partial charge in [-0.25, -0.2) is 0 Å². The number of hydrogen-bond acceptors (Lipinski definition) is 5. The summed E-state index contributed by atoms with van der Waals surface area (Å²) in [6.07, 6.45) is 74.7. The summed E-state index contributed by atoms with van der Waals surface area (Å²) in [4.78, 5) is 24.5. The number of ether oxygens (including phenoxy) is 1. The molecule has 0 bridgehead atoms. The van der Waals surface area contributed by atoms with Crippen molar-refractivity contribution in [1.82, 2.24) is 5.32 Å². The number of amides is 1. The fourth-order valence-corrected chi connectivity index (χ4v) is 9.61. The zero-order valence-electron chi connectivity index (χ0n) is 47.0. The molecule has 0 rings (SSSR count). The van der Waals surface area contributed by atoms with Crippen molar-refractivity contribution in [3.8, 4) is 0 Å². The lowest BCUT2D eigenvalue weighted by Crippen LogP contribution is -2.45. The fourth-order valence-electron chi connectivity index (χ4n) is 9.61. The van der Waals surface area contributed by atoms with Crippen LogP contribution < -0.4 is 5.32 Å². The zero-order chi connectivity index (χ0) is 50.7. The number of rotatable bonds is 58. The van der Waals surface area contributed by atoms with E-state index in [2.05, 4.69) is 43.5 Å². The predicted molar refractivity (Wildman–Crippen MR) is 306 cm³/mol. The highest BCUT2D eigenvalue weighted by Gasteiger charge is 2.18. The topological polar surface area (TPSA) is 95.9 Å². The van der Waals surface area contributed by atoms with Gasteiger partial charge < -0.3 is 20.3 Å². The van der Waals surface area contributed by atoms with Crippen LogP contribution >= 0.6 is 0 Å². The second kappa shape index (κ2) is 59.6. The number of carbonyl (C=O) groups excluding carboxylic acids is 2. The van der Waals surface area contributed by atoms with Gasteiger partial charge >= 0.3 is 5.97 Å². The summed E-state index contributed by atoms with van der Waals surface area (Å²) >= 11 is 0. The Morgan fingerprint density at radius 2 is 0.743 bits per heavy atom. The van der Waals surface area contributed by atoms with Gasteiger partial charge in [-0.05, 0) is 57.8 Å². The van der Waals surface area contributed by atoms with E-state index in [-0.39, 0.29) is 18.5 Å². The standard InChI is InChI=1S/C64H121NO5/c1-3-5-7-9-11-13-15-17-18-19-20-21-23-26-29-33-36-40-44-48-52-56-62(67)61(60-66)65-63(68)57-53-49-45-41-37-34-30-27-24-22-25-28-31-35-39-43-47-51-55-59-70-64(69)58-54-50-46-42-38-32-16-14-12-10-8-6-4-2/h8,10,14,16,52,56,61-62,66-67H,3-7,9,11-13,15,17-51,53-55,57-60H2,1-2H3,(H,65,68)/b10-8-,16-14-,56-52+. The molecule has 6 heteroatoms. The molecule has 412 valence electrons. The SMILES string of the molecule is CCC/C=C\C/C=C\CCCCCCCC(=O)OCCCCCCCCCCCCCCCCCCCCCC(=O)NC(CO)C(O)/C=C/CCCCCCCCCCCCCCCCCCCCC. The van der Waals surface area contributed by atoms with Gasteiger partial charge in [0.1, 0.15) is 0 Å².